The number of ether oxygens (including phenoxy) is 1. The summed E-state index contributed by atoms with van der Waals surface area (Å²) < 4.78 is 45.1. The van der Waals surface area contributed by atoms with Crippen molar-refractivity contribution in [3.8, 4) is 5.75 Å². The molecule has 112 valence electrons. The molecular weight excluding hydrogens is 285 g/mol. The second-order valence-electron chi connectivity index (χ2n) is 4.97. The van der Waals surface area contributed by atoms with E-state index in [0.717, 1.165) is 6.42 Å². The monoisotopic (exact) mass is 298 g/mol. The number of anilines is 1. The molecule has 0 fully saturated rings. The third-order valence-electron chi connectivity index (χ3n) is 3.55. The molecule has 0 bridgehead atoms. The van der Waals surface area contributed by atoms with Gasteiger partial charge in [0, 0.05) is 6.07 Å². The van der Waals surface area contributed by atoms with Crippen molar-refractivity contribution in [3.63, 3.8) is 0 Å². The summed E-state index contributed by atoms with van der Waals surface area (Å²) in [6, 6.07) is 3.71. The first kappa shape index (κ1) is 13.8. The number of aromatic nitrogens is 1. The molecule has 0 saturated carbocycles. The summed E-state index contributed by atoms with van der Waals surface area (Å²) in [6.45, 7) is 2.25. The van der Waals surface area contributed by atoms with Gasteiger partial charge in [0.2, 0.25) is 5.56 Å². The Hall–Kier alpha value is -2.18. The van der Waals surface area contributed by atoms with E-state index in [1.54, 1.807) is 6.07 Å². The van der Waals surface area contributed by atoms with Gasteiger partial charge in [-0.15, -0.1) is 0 Å². The third kappa shape index (κ3) is 2.32. The molecule has 0 unspecified atom stereocenters. The second-order valence-corrected chi connectivity index (χ2v) is 4.97. The maximum atomic E-state index is 13.2. The summed E-state index contributed by atoms with van der Waals surface area (Å²) in [5.74, 6) is 0.140. The number of H-pyrrole nitrogens is 1. The van der Waals surface area contributed by atoms with Crippen LogP contribution in [0.15, 0.2) is 23.0 Å². The summed E-state index contributed by atoms with van der Waals surface area (Å²) in [4.78, 5) is 13.8. The number of hydrogen-bond donors (Lipinski definition) is 2. The maximum Gasteiger partial charge on any atom is 0.417 e. The fourth-order valence-electron chi connectivity index (χ4n) is 2.48. The Morgan fingerprint density at radius 1 is 1.38 bits per heavy atom. The Morgan fingerprint density at radius 2 is 2.14 bits per heavy atom. The van der Waals surface area contributed by atoms with Crippen LogP contribution in [0, 0.1) is 0 Å². The first-order valence-corrected chi connectivity index (χ1v) is 6.56. The average Bonchev–Trinajstić information content (AvgIpc) is 2.44. The molecule has 1 aliphatic rings. The van der Waals surface area contributed by atoms with E-state index in [-0.39, 0.29) is 22.7 Å². The Morgan fingerprint density at radius 3 is 2.81 bits per heavy atom. The first-order valence-electron chi connectivity index (χ1n) is 6.56. The van der Waals surface area contributed by atoms with Crippen molar-refractivity contribution in [1.82, 2.24) is 4.98 Å². The summed E-state index contributed by atoms with van der Waals surface area (Å²) >= 11 is 0. The van der Waals surface area contributed by atoms with E-state index in [2.05, 4.69) is 10.3 Å². The lowest BCUT2D eigenvalue weighted by molar-refractivity contribution is -0.136. The van der Waals surface area contributed by atoms with Crippen molar-refractivity contribution in [2.75, 3.05) is 11.9 Å². The van der Waals surface area contributed by atoms with Gasteiger partial charge in [-0.05, 0) is 18.6 Å². The van der Waals surface area contributed by atoms with Gasteiger partial charge >= 0.3 is 6.18 Å². The fraction of sp³-hybridized carbons (Fsp3) is 0.357. The zero-order valence-corrected chi connectivity index (χ0v) is 11.2. The van der Waals surface area contributed by atoms with Gasteiger partial charge in [-0.2, -0.15) is 13.2 Å². The van der Waals surface area contributed by atoms with Crippen LogP contribution in [0.1, 0.15) is 18.9 Å². The molecule has 3 rings (SSSR count). The quantitative estimate of drug-likeness (QED) is 0.850. The smallest absolute Gasteiger partial charge is 0.417 e. The Kier molecular flexibility index (Phi) is 3.07. The van der Waals surface area contributed by atoms with E-state index in [9.17, 15) is 18.0 Å². The number of rotatable bonds is 1. The lowest BCUT2D eigenvalue weighted by Crippen LogP contribution is -2.31. The van der Waals surface area contributed by atoms with Gasteiger partial charge in [-0.3, -0.25) is 4.79 Å². The largest absolute Gasteiger partial charge is 0.489 e. The lowest BCUT2D eigenvalue weighted by Gasteiger charge is -2.28. The van der Waals surface area contributed by atoms with E-state index in [0.29, 0.717) is 18.4 Å². The van der Waals surface area contributed by atoms with Crippen molar-refractivity contribution in [2.45, 2.75) is 25.6 Å². The van der Waals surface area contributed by atoms with Crippen LogP contribution in [0.4, 0.5) is 18.9 Å². The van der Waals surface area contributed by atoms with Gasteiger partial charge < -0.3 is 15.0 Å². The van der Waals surface area contributed by atoms with Crippen LogP contribution < -0.4 is 15.6 Å². The van der Waals surface area contributed by atoms with E-state index < -0.39 is 17.3 Å². The second kappa shape index (κ2) is 4.68. The summed E-state index contributed by atoms with van der Waals surface area (Å²) in [7, 11) is 0. The van der Waals surface area contributed by atoms with Crippen molar-refractivity contribution in [3.05, 3.63) is 34.1 Å². The minimum Gasteiger partial charge on any atom is -0.489 e. The van der Waals surface area contributed by atoms with Gasteiger partial charge in [0.15, 0.2) is 5.75 Å². The molecule has 21 heavy (non-hydrogen) atoms. The number of nitrogens with one attached hydrogen (secondary N) is 2. The summed E-state index contributed by atoms with van der Waals surface area (Å²) in [5, 5.41) is 3.04. The molecule has 0 saturated heterocycles. The molecule has 2 heterocycles. The Bertz CT molecular complexity index is 752. The molecule has 0 amide bonds. The number of pyridine rings is 1. The molecule has 1 atom stereocenters. The van der Waals surface area contributed by atoms with Crippen LogP contribution >= 0.6 is 0 Å². The Labute approximate surface area is 117 Å². The normalized spacial score (nSPS) is 18.0. The molecule has 0 aliphatic carbocycles. The Balaban J connectivity index is 2.30. The number of hydrogen-bond acceptors (Lipinski definition) is 3. The first-order chi connectivity index (χ1) is 9.90. The van der Waals surface area contributed by atoms with Gasteiger partial charge in [-0.1, -0.05) is 6.92 Å². The van der Waals surface area contributed by atoms with Crippen molar-refractivity contribution in [2.24, 2.45) is 0 Å². The number of fused-ring (bicyclic) bond motifs is 3. The van der Waals surface area contributed by atoms with Gasteiger partial charge in [-0.25, -0.2) is 0 Å². The van der Waals surface area contributed by atoms with Crippen LogP contribution in [0.5, 0.6) is 5.75 Å². The number of aromatic amines is 1. The lowest BCUT2D eigenvalue weighted by atomic mass is 10.0. The van der Waals surface area contributed by atoms with Gasteiger partial charge in [0.1, 0.15) is 6.61 Å². The number of halogens is 3. The highest BCUT2D eigenvalue weighted by atomic mass is 19.4. The maximum absolute atomic E-state index is 13.2. The van der Waals surface area contributed by atoms with Crippen LogP contribution in [0.2, 0.25) is 0 Å². The van der Waals surface area contributed by atoms with E-state index >= 15 is 0 Å². The molecule has 7 heteroatoms. The summed E-state index contributed by atoms with van der Waals surface area (Å²) in [5.41, 5.74) is -1.14. The molecule has 1 aromatic carbocycles. The SMILES string of the molecule is CC[C@@H]1COc2c(ccc3[nH]c(=O)cc(C(F)(F)F)c23)N1. The molecule has 1 aromatic heterocycles. The molecule has 4 nitrogen and oxygen atoms in total. The number of alkyl halides is 3. The van der Waals surface area contributed by atoms with Gasteiger partial charge in [0.05, 0.1) is 28.2 Å². The zero-order valence-electron chi connectivity index (χ0n) is 11.2. The fourth-order valence-corrected chi connectivity index (χ4v) is 2.48. The van der Waals surface area contributed by atoms with E-state index in [1.807, 2.05) is 6.92 Å². The van der Waals surface area contributed by atoms with Crippen LogP contribution in [0.3, 0.4) is 0 Å². The minimum atomic E-state index is -4.62. The topological polar surface area (TPSA) is 54.1 Å². The predicted octanol–water partition coefficient (Wildman–Crippen LogP) is 3.13. The molecular formula is C14H13F3N2O2. The third-order valence-corrected chi connectivity index (χ3v) is 3.55. The zero-order chi connectivity index (χ0) is 15.2. The highest BCUT2D eigenvalue weighted by Gasteiger charge is 2.35. The van der Waals surface area contributed by atoms with Gasteiger partial charge in [0.25, 0.3) is 0 Å². The number of benzene rings is 1. The molecule has 2 aromatic rings. The average molecular weight is 298 g/mol. The van der Waals surface area contributed by atoms with Crippen LogP contribution in [-0.4, -0.2) is 17.6 Å². The standard InChI is InChI=1S/C14H13F3N2O2/c1-2-7-6-21-13-10(18-7)4-3-9-12(13)8(14(15,16)17)5-11(20)19-9/h3-5,7,18H,2,6H2,1H3,(H,19,20)/t7-/m1/s1. The molecule has 2 N–H and O–H groups in total. The highest BCUT2D eigenvalue weighted by Crippen LogP contribution is 2.42. The highest BCUT2D eigenvalue weighted by molar-refractivity contribution is 5.94. The van der Waals surface area contributed by atoms with Crippen molar-refractivity contribution < 1.29 is 17.9 Å². The van der Waals surface area contributed by atoms with E-state index in [4.69, 9.17) is 4.74 Å². The van der Waals surface area contributed by atoms with Crippen LogP contribution in [0.25, 0.3) is 10.9 Å². The predicted molar refractivity (Wildman–Crippen MR) is 72.8 cm³/mol. The van der Waals surface area contributed by atoms with Crippen molar-refractivity contribution >= 4 is 16.6 Å². The van der Waals surface area contributed by atoms with Crippen LogP contribution in [-0.2, 0) is 6.18 Å². The molecule has 0 spiro atoms. The van der Waals surface area contributed by atoms with Crippen molar-refractivity contribution in [1.29, 1.82) is 0 Å². The summed E-state index contributed by atoms with van der Waals surface area (Å²) in [6.07, 6.45) is -3.82. The minimum absolute atomic E-state index is 0.0621. The van der Waals surface area contributed by atoms with E-state index in [1.165, 1.54) is 6.07 Å². The molecule has 0 radical (unpaired) electrons. The molecule has 1 aliphatic heterocycles.